The summed E-state index contributed by atoms with van der Waals surface area (Å²) in [6, 6.07) is 8.03. The van der Waals surface area contributed by atoms with Gasteiger partial charge in [0.2, 0.25) is 10.0 Å². The minimum atomic E-state index is -3.17. The average molecular weight is 433 g/mol. The number of hydrogen-bond donors (Lipinski definition) is 0. The number of nitrogens with zero attached hydrogens (tertiary/aromatic N) is 4. The first-order chi connectivity index (χ1) is 14.3. The van der Waals surface area contributed by atoms with E-state index in [1.54, 1.807) is 11.4 Å². The zero-order chi connectivity index (χ0) is 21.7. The zero-order valence-electron chi connectivity index (χ0n) is 18.4. The number of anilines is 1. The molecule has 3 rings (SSSR count). The van der Waals surface area contributed by atoms with Gasteiger partial charge in [-0.3, -0.25) is 0 Å². The fourth-order valence-corrected chi connectivity index (χ4v) is 5.40. The van der Waals surface area contributed by atoms with E-state index in [1.807, 2.05) is 32.9 Å². The minimum absolute atomic E-state index is 0.234. The van der Waals surface area contributed by atoms with Crippen LogP contribution in [0.25, 0.3) is 0 Å². The van der Waals surface area contributed by atoms with E-state index < -0.39 is 10.0 Å². The Hall–Kier alpha value is -2.19. The van der Waals surface area contributed by atoms with Crippen LogP contribution in [0.1, 0.15) is 42.4 Å². The molecule has 164 valence electrons. The second-order valence-electron chi connectivity index (χ2n) is 7.74. The van der Waals surface area contributed by atoms with Gasteiger partial charge in [0.05, 0.1) is 12.9 Å². The van der Waals surface area contributed by atoms with Crippen molar-refractivity contribution in [3.05, 3.63) is 46.9 Å². The van der Waals surface area contributed by atoms with E-state index in [2.05, 4.69) is 22.0 Å². The zero-order valence-corrected chi connectivity index (χ0v) is 19.2. The first kappa shape index (κ1) is 22.5. The van der Waals surface area contributed by atoms with E-state index >= 15 is 0 Å². The van der Waals surface area contributed by atoms with E-state index in [9.17, 15) is 8.42 Å². The summed E-state index contributed by atoms with van der Waals surface area (Å²) in [6.07, 6.45) is 2.31. The van der Waals surface area contributed by atoms with Crippen molar-refractivity contribution in [2.75, 3.05) is 43.9 Å². The van der Waals surface area contributed by atoms with Crippen molar-refractivity contribution < 1.29 is 13.2 Å². The first-order valence-corrected chi connectivity index (χ1v) is 12.1. The molecule has 2 heterocycles. The lowest BCUT2D eigenvalue weighted by molar-refractivity contribution is 0.382. The molecule has 1 saturated heterocycles. The summed E-state index contributed by atoms with van der Waals surface area (Å²) < 4.78 is 31.9. The van der Waals surface area contributed by atoms with Crippen LogP contribution < -0.4 is 9.64 Å². The molecule has 7 nitrogen and oxygen atoms in total. The second kappa shape index (κ2) is 9.75. The molecular formula is C22H32N4O3S. The number of benzene rings is 1. The number of unbranched alkanes of at least 4 members (excludes halogenated alkanes) is 1. The third-order valence-corrected chi connectivity index (χ3v) is 7.49. The predicted octanol–water partition coefficient (Wildman–Crippen LogP) is 2.94. The number of sulfonamides is 1. The van der Waals surface area contributed by atoms with E-state index in [4.69, 9.17) is 9.72 Å². The molecule has 1 fully saturated rings. The monoisotopic (exact) mass is 432 g/mol. The fourth-order valence-electron chi connectivity index (χ4n) is 3.77. The molecule has 30 heavy (non-hydrogen) atoms. The highest BCUT2D eigenvalue weighted by molar-refractivity contribution is 7.89. The number of aromatic nitrogens is 2. The molecular weight excluding hydrogens is 400 g/mol. The molecule has 0 spiro atoms. The molecule has 0 bridgehead atoms. The lowest BCUT2D eigenvalue weighted by Crippen LogP contribution is -2.49. The van der Waals surface area contributed by atoms with Crippen LogP contribution in [-0.4, -0.2) is 61.7 Å². The molecule has 1 aromatic heterocycles. The number of hydrogen-bond acceptors (Lipinski definition) is 6. The SMILES string of the molecule is CCCCS(=O)(=O)N1CCN(c2nc(C)nc(C)c2Cc2ccc(OC)cc2)CC1. The van der Waals surface area contributed by atoms with Crippen molar-refractivity contribution in [2.45, 2.75) is 40.0 Å². The van der Waals surface area contributed by atoms with Crippen LogP contribution >= 0.6 is 0 Å². The van der Waals surface area contributed by atoms with Crippen molar-refractivity contribution in [2.24, 2.45) is 0 Å². The summed E-state index contributed by atoms with van der Waals surface area (Å²) >= 11 is 0. The Labute approximate surface area is 180 Å². The lowest BCUT2D eigenvalue weighted by atomic mass is 10.0. The van der Waals surface area contributed by atoms with Crippen LogP contribution in [0.2, 0.25) is 0 Å². The number of rotatable bonds is 8. The standard InChI is InChI=1S/C22H32N4O3S/c1-5-6-15-30(27,28)26-13-11-25(12-14-26)22-21(17(2)23-18(3)24-22)16-19-7-9-20(29-4)10-8-19/h7-10H,5-6,11-16H2,1-4H3. The summed E-state index contributed by atoms with van der Waals surface area (Å²) in [5.74, 6) is 2.72. The molecule has 1 aliphatic heterocycles. The van der Waals surface area contributed by atoms with Gasteiger partial charge in [-0.15, -0.1) is 0 Å². The molecule has 0 radical (unpaired) electrons. The summed E-state index contributed by atoms with van der Waals surface area (Å²) in [6.45, 7) is 8.19. The van der Waals surface area contributed by atoms with Crippen molar-refractivity contribution in [1.29, 1.82) is 0 Å². The van der Waals surface area contributed by atoms with Gasteiger partial charge in [-0.1, -0.05) is 25.5 Å². The van der Waals surface area contributed by atoms with Gasteiger partial charge < -0.3 is 9.64 Å². The van der Waals surface area contributed by atoms with Gasteiger partial charge in [0, 0.05) is 43.9 Å². The van der Waals surface area contributed by atoms with Gasteiger partial charge in [-0.05, 0) is 38.0 Å². The Kier molecular flexibility index (Phi) is 7.31. The van der Waals surface area contributed by atoms with E-state index in [1.165, 1.54) is 0 Å². The summed E-state index contributed by atoms with van der Waals surface area (Å²) in [7, 11) is -1.51. The molecule has 0 amide bonds. The molecule has 1 aromatic carbocycles. The molecule has 0 aliphatic carbocycles. The van der Waals surface area contributed by atoms with Crippen molar-refractivity contribution in [3.8, 4) is 5.75 Å². The number of ether oxygens (including phenoxy) is 1. The summed E-state index contributed by atoms with van der Waals surface area (Å²) in [5, 5.41) is 0. The van der Waals surface area contributed by atoms with Gasteiger partial charge in [0.1, 0.15) is 17.4 Å². The molecule has 0 atom stereocenters. The fraction of sp³-hybridized carbons (Fsp3) is 0.545. The van der Waals surface area contributed by atoms with E-state index in [-0.39, 0.29) is 5.75 Å². The quantitative estimate of drug-likeness (QED) is 0.638. The average Bonchev–Trinajstić information content (AvgIpc) is 2.74. The highest BCUT2D eigenvalue weighted by atomic mass is 32.2. The van der Waals surface area contributed by atoms with Gasteiger partial charge in [-0.25, -0.2) is 18.4 Å². The van der Waals surface area contributed by atoms with Crippen LogP contribution in [0.5, 0.6) is 5.75 Å². The molecule has 0 saturated carbocycles. The maximum atomic E-state index is 12.5. The first-order valence-electron chi connectivity index (χ1n) is 10.5. The molecule has 8 heteroatoms. The van der Waals surface area contributed by atoms with Gasteiger partial charge in [-0.2, -0.15) is 4.31 Å². The minimum Gasteiger partial charge on any atom is -0.497 e. The van der Waals surface area contributed by atoms with Crippen LogP contribution in [0.3, 0.4) is 0 Å². The predicted molar refractivity (Wildman–Crippen MR) is 120 cm³/mol. The second-order valence-corrected chi connectivity index (χ2v) is 9.83. The normalized spacial score (nSPS) is 15.4. The van der Waals surface area contributed by atoms with Crippen LogP contribution in [-0.2, 0) is 16.4 Å². The Balaban J connectivity index is 1.79. The lowest BCUT2D eigenvalue weighted by Gasteiger charge is -2.36. The molecule has 0 unspecified atom stereocenters. The third kappa shape index (κ3) is 5.29. The van der Waals surface area contributed by atoms with Crippen LogP contribution in [0, 0.1) is 13.8 Å². The number of piperazine rings is 1. The van der Waals surface area contributed by atoms with E-state index in [0.29, 0.717) is 32.6 Å². The Bertz CT molecular complexity index is 953. The molecule has 2 aromatic rings. The van der Waals surface area contributed by atoms with Gasteiger partial charge in [0.25, 0.3) is 0 Å². The van der Waals surface area contributed by atoms with Gasteiger partial charge >= 0.3 is 0 Å². The summed E-state index contributed by atoms with van der Waals surface area (Å²) in [4.78, 5) is 11.5. The van der Waals surface area contributed by atoms with Crippen LogP contribution in [0.15, 0.2) is 24.3 Å². The Morgan fingerprint density at radius 3 is 2.30 bits per heavy atom. The Morgan fingerprint density at radius 1 is 1.03 bits per heavy atom. The highest BCUT2D eigenvalue weighted by Gasteiger charge is 2.28. The number of aryl methyl sites for hydroxylation is 2. The maximum Gasteiger partial charge on any atom is 0.214 e. The van der Waals surface area contributed by atoms with E-state index in [0.717, 1.165) is 47.1 Å². The third-order valence-electron chi connectivity index (χ3n) is 5.53. The topological polar surface area (TPSA) is 75.6 Å². The molecule has 1 aliphatic rings. The highest BCUT2D eigenvalue weighted by Crippen LogP contribution is 2.26. The van der Waals surface area contributed by atoms with Gasteiger partial charge in [0.15, 0.2) is 0 Å². The summed E-state index contributed by atoms with van der Waals surface area (Å²) in [5.41, 5.74) is 3.22. The smallest absolute Gasteiger partial charge is 0.214 e. The maximum absolute atomic E-state index is 12.5. The van der Waals surface area contributed by atoms with Crippen LogP contribution in [0.4, 0.5) is 5.82 Å². The number of methoxy groups -OCH3 is 1. The largest absolute Gasteiger partial charge is 0.497 e. The van der Waals surface area contributed by atoms with Crippen molar-refractivity contribution in [1.82, 2.24) is 14.3 Å². The Morgan fingerprint density at radius 2 is 1.70 bits per heavy atom. The van der Waals surface area contributed by atoms with Crippen molar-refractivity contribution >= 4 is 15.8 Å². The van der Waals surface area contributed by atoms with Crippen molar-refractivity contribution in [3.63, 3.8) is 0 Å². The molecule has 0 N–H and O–H groups in total.